The highest BCUT2D eigenvalue weighted by Gasteiger charge is 2.12. The standard InChI is InChI=1S/C19H16N2O4/c1-2-18(23)21-16-9-7-14(8-10-16)17(22)12-25-19(24)15-5-3-13(11-20)4-6-15/h3-10H,2,12H2,1H3,(H,21,23). The van der Waals surface area contributed by atoms with Gasteiger partial charge in [-0.3, -0.25) is 9.59 Å². The van der Waals surface area contributed by atoms with E-state index < -0.39 is 5.97 Å². The van der Waals surface area contributed by atoms with Gasteiger partial charge in [-0.1, -0.05) is 6.92 Å². The van der Waals surface area contributed by atoms with Crippen LogP contribution >= 0.6 is 0 Å². The molecule has 2 rings (SSSR count). The first kappa shape index (κ1) is 17.9. The van der Waals surface area contributed by atoms with Crippen LogP contribution in [0.2, 0.25) is 0 Å². The number of carbonyl (C=O) groups excluding carboxylic acids is 3. The van der Waals surface area contributed by atoms with Gasteiger partial charge in [0.25, 0.3) is 0 Å². The molecule has 0 atom stereocenters. The summed E-state index contributed by atoms with van der Waals surface area (Å²) in [5.74, 6) is -1.10. The van der Waals surface area contributed by atoms with Crippen molar-refractivity contribution in [2.75, 3.05) is 11.9 Å². The third-order valence-corrected chi connectivity index (χ3v) is 3.40. The average molecular weight is 336 g/mol. The van der Waals surface area contributed by atoms with Crippen LogP contribution < -0.4 is 5.32 Å². The molecule has 25 heavy (non-hydrogen) atoms. The van der Waals surface area contributed by atoms with Gasteiger partial charge in [-0.2, -0.15) is 5.26 Å². The molecule has 0 aromatic heterocycles. The number of nitrogens with one attached hydrogen (secondary N) is 1. The fraction of sp³-hybridized carbons (Fsp3) is 0.158. The highest BCUT2D eigenvalue weighted by Crippen LogP contribution is 2.11. The van der Waals surface area contributed by atoms with E-state index in [-0.39, 0.29) is 23.9 Å². The number of esters is 1. The van der Waals surface area contributed by atoms with Gasteiger partial charge >= 0.3 is 5.97 Å². The molecular weight excluding hydrogens is 320 g/mol. The summed E-state index contributed by atoms with van der Waals surface area (Å²) in [6, 6.07) is 14.2. The van der Waals surface area contributed by atoms with E-state index in [1.54, 1.807) is 31.2 Å². The highest BCUT2D eigenvalue weighted by molar-refractivity contribution is 6.00. The van der Waals surface area contributed by atoms with Crippen molar-refractivity contribution in [2.45, 2.75) is 13.3 Å². The van der Waals surface area contributed by atoms with Crippen LogP contribution in [0.15, 0.2) is 48.5 Å². The minimum Gasteiger partial charge on any atom is -0.454 e. The third-order valence-electron chi connectivity index (χ3n) is 3.40. The lowest BCUT2D eigenvalue weighted by atomic mass is 10.1. The fourth-order valence-corrected chi connectivity index (χ4v) is 1.97. The van der Waals surface area contributed by atoms with Crippen molar-refractivity contribution in [3.8, 4) is 6.07 Å². The molecule has 6 nitrogen and oxygen atoms in total. The molecule has 1 N–H and O–H groups in total. The first-order valence-electron chi connectivity index (χ1n) is 7.64. The number of benzene rings is 2. The molecule has 0 radical (unpaired) electrons. The largest absolute Gasteiger partial charge is 0.454 e. The van der Waals surface area contributed by atoms with Crippen LogP contribution in [0.3, 0.4) is 0 Å². The van der Waals surface area contributed by atoms with Gasteiger partial charge in [0.1, 0.15) is 0 Å². The summed E-state index contributed by atoms with van der Waals surface area (Å²) in [6.07, 6.45) is 0.367. The Hall–Kier alpha value is -3.46. The Morgan fingerprint density at radius 2 is 1.60 bits per heavy atom. The highest BCUT2D eigenvalue weighted by atomic mass is 16.5. The molecule has 0 heterocycles. The molecule has 0 spiro atoms. The number of ketones is 1. The quantitative estimate of drug-likeness (QED) is 0.646. The van der Waals surface area contributed by atoms with Gasteiger partial charge in [0.15, 0.2) is 12.4 Å². The van der Waals surface area contributed by atoms with Crippen molar-refractivity contribution >= 4 is 23.3 Å². The van der Waals surface area contributed by atoms with Crippen LogP contribution in [0.1, 0.15) is 39.6 Å². The number of amides is 1. The van der Waals surface area contributed by atoms with Crippen molar-refractivity contribution < 1.29 is 19.1 Å². The molecule has 2 aromatic rings. The molecule has 0 unspecified atom stereocenters. The first-order chi connectivity index (χ1) is 12.0. The minimum absolute atomic E-state index is 0.115. The molecular formula is C19H16N2O4. The van der Waals surface area contributed by atoms with Crippen molar-refractivity contribution in [1.82, 2.24) is 0 Å². The Bertz CT molecular complexity index is 818. The third kappa shape index (κ3) is 5.01. The average Bonchev–Trinajstić information content (AvgIpc) is 2.66. The van der Waals surface area contributed by atoms with E-state index in [0.717, 1.165) is 0 Å². The Morgan fingerprint density at radius 1 is 1.00 bits per heavy atom. The molecule has 0 fully saturated rings. The second-order valence-corrected chi connectivity index (χ2v) is 5.17. The summed E-state index contributed by atoms with van der Waals surface area (Å²) in [5, 5.41) is 11.4. The van der Waals surface area contributed by atoms with Gasteiger partial charge in [-0.15, -0.1) is 0 Å². The first-order valence-corrected chi connectivity index (χ1v) is 7.64. The molecule has 0 saturated carbocycles. The van der Waals surface area contributed by atoms with Crippen LogP contribution in [0.4, 0.5) is 5.69 Å². The van der Waals surface area contributed by atoms with Gasteiger partial charge in [0.2, 0.25) is 5.91 Å². The zero-order valence-corrected chi connectivity index (χ0v) is 13.6. The zero-order chi connectivity index (χ0) is 18.2. The van der Waals surface area contributed by atoms with E-state index in [0.29, 0.717) is 23.2 Å². The molecule has 2 aromatic carbocycles. The number of hydrogen-bond donors (Lipinski definition) is 1. The van der Waals surface area contributed by atoms with Crippen LogP contribution in [0.25, 0.3) is 0 Å². The maximum absolute atomic E-state index is 12.1. The minimum atomic E-state index is -0.635. The van der Waals surface area contributed by atoms with Gasteiger partial charge in [0.05, 0.1) is 17.2 Å². The summed E-state index contributed by atoms with van der Waals surface area (Å²) >= 11 is 0. The molecule has 1 amide bonds. The summed E-state index contributed by atoms with van der Waals surface area (Å²) < 4.78 is 4.99. The van der Waals surface area contributed by atoms with Crippen molar-refractivity contribution in [3.05, 3.63) is 65.2 Å². The smallest absolute Gasteiger partial charge is 0.338 e. The van der Waals surface area contributed by atoms with E-state index in [2.05, 4.69) is 5.32 Å². The number of hydrogen-bond acceptors (Lipinski definition) is 5. The predicted octanol–water partition coefficient (Wildman–Crippen LogP) is 2.95. The lowest BCUT2D eigenvalue weighted by Gasteiger charge is -2.06. The van der Waals surface area contributed by atoms with Gasteiger partial charge < -0.3 is 10.1 Å². The molecule has 0 aliphatic carbocycles. The van der Waals surface area contributed by atoms with E-state index >= 15 is 0 Å². The van der Waals surface area contributed by atoms with E-state index in [1.165, 1.54) is 24.3 Å². The normalized spacial score (nSPS) is 9.76. The summed E-state index contributed by atoms with van der Waals surface area (Å²) in [5.41, 5.74) is 1.67. The maximum Gasteiger partial charge on any atom is 0.338 e. The number of nitrogens with zero attached hydrogens (tertiary/aromatic N) is 1. The Labute approximate surface area is 145 Å². The Balaban J connectivity index is 1.91. The van der Waals surface area contributed by atoms with Gasteiger partial charge in [-0.25, -0.2) is 4.79 Å². The van der Waals surface area contributed by atoms with E-state index in [1.807, 2.05) is 6.07 Å². The van der Waals surface area contributed by atoms with Crippen LogP contribution in [0, 0.1) is 11.3 Å². The molecule has 0 bridgehead atoms. The number of Topliss-reactive ketones (excluding diaryl/α,β-unsaturated/α-hetero) is 1. The number of rotatable bonds is 6. The van der Waals surface area contributed by atoms with E-state index in [9.17, 15) is 14.4 Å². The topological polar surface area (TPSA) is 96.3 Å². The Kier molecular flexibility index (Phi) is 6.02. The monoisotopic (exact) mass is 336 g/mol. The van der Waals surface area contributed by atoms with Crippen LogP contribution in [-0.2, 0) is 9.53 Å². The second-order valence-electron chi connectivity index (χ2n) is 5.17. The number of anilines is 1. The summed E-state index contributed by atoms with van der Waals surface area (Å²) in [7, 11) is 0. The van der Waals surface area contributed by atoms with Gasteiger partial charge in [0, 0.05) is 17.7 Å². The molecule has 0 aliphatic rings. The predicted molar refractivity (Wildman–Crippen MR) is 91.1 cm³/mol. The maximum atomic E-state index is 12.1. The number of carbonyl (C=O) groups is 3. The van der Waals surface area contributed by atoms with Crippen molar-refractivity contribution in [2.24, 2.45) is 0 Å². The fourth-order valence-electron chi connectivity index (χ4n) is 1.97. The number of ether oxygens (including phenoxy) is 1. The second kappa shape index (κ2) is 8.41. The lowest BCUT2D eigenvalue weighted by molar-refractivity contribution is -0.115. The summed E-state index contributed by atoms with van der Waals surface area (Å²) in [4.78, 5) is 35.2. The lowest BCUT2D eigenvalue weighted by Crippen LogP contribution is -2.14. The molecule has 126 valence electrons. The number of nitriles is 1. The van der Waals surface area contributed by atoms with Crippen LogP contribution in [0.5, 0.6) is 0 Å². The van der Waals surface area contributed by atoms with Crippen LogP contribution in [-0.4, -0.2) is 24.3 Å². The molecule has 6 heteroatoms. The zero-order valence-electron chi connectivity index (χ0n) is 13.6. The van der Waals surface area contributed by atoms with Gasteiger partial charge in [-0.05, 0) is 48.5 Å². The summed E-state index contributed by atoms with van der Waals surface area (Å²) in [6.45, 7) is 1.36. The molecule has 0 saturated heterocycles. The Morgan fingerprint density at radius 3 is 2.16 bits per heavy atom. The SMILES string of the molecule is CCC(=O)Nc1ccc(C(=O)COC(=O)c2ccc(C#N)cc2)cc1. The van der Waals surface area contributed by atoms with Crippen molar-refractivity contribution in [1.29, 1.82) is 5.26 Å². The molecule has 0 aliphatic heterocycles. The van der Waals surface area contributed by atoms with Crippen molar-refractivity contribution in [3.63, 3.8) is 0 Å². The van der Waals surface area contributed by atoms with E-state index in [4.69, 9.17) is 10.00 Å².